The van der Waals surface area contributed by atoms with Crippen molar-refractivity contribution in [3.8, 4) is 17.0 Å². The lowest BCUT2D eigenvalue weighted by atomic mass is 10.0. The third-order valence-corrected chi connectivity index (χ3v) is 5.05. The number of fused-ring (bicyclic) bond motifs is 1. The summed E-state index contributed by atoms with van der Waals surface area (Å²) in [6.45, 7) is 0.948. The zero-order valence-corrected chi connectivity index (χ0v) is 15.7. The number of H-pyrrole nitrogens is 1. The Morgan fingerprint density at radius 1 is 1.18 bits per heavy atom. The highest BCUT2D eigenvalue weighted by Gasteiger charge is 2.36. The van der Waals surface area contributed by atoms with E-state index in [2.05, 4.69) is 31.2 Å². The number of hydrogen-bond acceptors (Lipinski definition) is 5. The Labute approximate surface area is 164 Å². The summed E-state index contributed by atoms with van der Waals surface area (Å²) in [5.41, 5.74) is 6.46. The summed E-state index contributed by atoms with van der Waals surface area (Å²) in [5, 5.41) is 4.03. The molecule has 2 aromatic heterocycles. The second-order valence-electron chi connectivity index (χ2n) is 6.40. The molecule has 0 spiro atoms. The second kappa shape index (κ2) is 5.81. The highest BCUT2D eigenvalue weighted by atomic mass is 79.9. The van der Waals surface area contributed by atoms with E-state index in [1.807, 2.05) is 12.1 Å². The molecule has 0 bridgehead atoms. The van der Waals surface area contributed by atoms with Crippen molar-refractivity contribution in [1.82, 2.24) is 9.97 Å². The van der Waals surface area contributed by atoms with Gasteiger partial charge in [-0.05, 0) is 24.3 Å². The molecule has 0 saturated carbocycles. The number of oxazole rings is 1. The maximum Gasteiger partial charge on any atom is 0.420 e. The van der Waals surface area contributed by atoms with Crippen LogP contribution in [0.2, 0.25) is 0 Å². The molecule has 1 aliphatic rings. The largest absolute Gasteiger partial charge is 0.491 e. The van der Waals surface area contributed by atoms with Gasteiger partial charge in [-0.2, -0.15) is 18.2 Å². The molecule has 0 atom stereocenters. The van der Waals surface area contributed by atoms with E-state index in [-0.39, 0.29) is 17.1 Å². The van der Waals surface area contributed by atoms with Crippen molar-refractivity contribution in [1.29, 1.82) is 0 Å². The summed E-state index contributed by atoms with van der Waals surface area (Å²) in [7, 11) is 0. The van der Waals surface area contributed by atoms with E-state index in [1.54, 1.807) is 0 Å². The predicted octanol–water partition coefficient (Wildman–Crippen LogP) is 5.14. The summed E-state index contributed by atoms with van der Waals surface area (Å²) < 4.78 is 52.4. The first-order valence-corrected chi connectivity index (χ1v) is 9.10. The van der Waals surface area contributed by atoms with Crippen LogP contribution in [0, 0.1) is 0 Å². The van der Waals surface area contributed by atoms with Gasteiger partial charge in [-0.1, -0.05) is 15.9 Å². The van der Waals surface area contributed by atoms with E-state index in [9.17, 15) is 13.2 Å². The highest BCUT2D eigenvalue weighted by molar-refractivity contribution is 9.10. The molecule has 0 unspecified atom stereocenters. The first-order valence-electron chi connectivity index (χ1n) is 8.31. The molecule has 144 valence electrons. The molecule has 0 aliphatic carbocycles. The van der Waals surface area contributed by atoms with Gasteiger partial charge in [0.15, 0.2) is 5.58 Å². The summed E-state index contributed by atoms with van der Waals surface area (Å²) in [6.07, 6.45) is -4.62. The van der Waals surface area contributed by atoms with Crippen LogP contribution in [0.3, 0.4) is 0 Å². The second-order valence-corrected chi connectivity index (χ2v) is 7.31. The smallest absolute Gasteiger partial charge is 0.420 e. The Morgan fingerprint density at radius 3 is 2.79 bits per heavy atom. The van der Waals surface area contributed by atoms with Crippen molar-refractivity contribution in [3.05, 3.63) is 34.3 Å². The van der Waals surface area contributed by atoms with Crippen LogP contribution >= 0.6 is 15.9 Å². The van der Waals surface area contributed by atoms with Gasteiger partial charge in [0.1, 0.15) is 23.4 Å². The Bertz CT molecular complexity index is 1250. The topological polar surface area (TPSA) is 89.1 Å². The van der Waals surface area contributed by atoms with Crippen LogP contribution in [0.5, 0.6) is 5.75 Å². The number of hydrogen-bond donors (Lipinski definition) is 3. The zero-order valence-electron chi connectivity index (χ0n) is 14.1. The summed E-state index contributed by atoms with van der Waals surface area (Å²) in [5.74, 6) is 0.648. The molecule has 4 aromatic rings. The monoisotopic (exact) mass is 452 g/mol. The number of nitrogens with two attached hydrogens (primary N) is 1. The summed E-state index contributed by atoms with van der Waals surface area (Å²) in [6, 6.07) is 5.92. The molecular weight excluding hydrogens is 441 g/mol. The normalized spacial score (nSPS) is 14.1. The SMILES string of the molecule is Nc1nc2cc(-c3[nH]c4cc(Br)cc5c4c3NCCO5)cc(C(F)(F)F)c2o1. The van der Waals surface area contributed by atoms with Gasteiger partial charge in [0, 0.05) is 16.6 Å². The summed E-state index contributed by atoms with van der Waals surface area (Å²) >= 11 is 3.43. The molecule has 2 aromatic carbocycles. The van der Waals surface area contributed by atoms with Crippen LogP contribution in [0.4, 0.5) is 24.9 Å². The molecular formula is C18H12BrF3N4O2. The third-order valence-electron chi connectivity index (χ3n) is 4.59. The Kier molecular flexibility index (Phi) is 3.57. The zero-order chi connectivity index (χ0) is 19.6. The van der Waals surface area contributed by atoms with E-state index in [1.165, 1.54) is 6.07 Å². The molecule has 5 rings (SSSR count). The number of nitrogens with one attached hydrogen (secondary N) is 2. The fourth-order valence-electron chi connectivity index (χ4n) is 3.51. The van der Waals surface area contributed by atoms with Crippen molar-refractivity contribution in [2.75, 3.05) is 24.2 Å². The van der Waals surface area contributed by atoms with E-state index < -0.39 is 11.7 Å². The minimum absolute atomic E-state index is 0.0412. The molecule has 0 fully saturated rings. The van der Waals surface area contributed by atoms with Crippen molar-refractivity contribution < 1.29 is 22.3 Å². The van der Waals surface area contributed by atoms with Gasteiger partial charge in [-0.25, -0.2) is 0 Å². The van der Waals surface area contributed by atoms with Gasteiger partial charge in [0.25, 0.3) is 6.01 Å². The fourth-order valence-corrected chi connectivity index (χ4v) is 3.95. The van der Waals surface area contributed by atoms with Crippen molar-refractivity contribution in [2.45, 2.75) is 6.18 Å². The van der Waals surface area contributed by atoms with Gasteiger partial charge in [0.05, 0.1) is 22.3 Å². The lowest BCUT2D eigenvalue weighted by Gasteiger charge is -2.10. The number of anilines is 2. The molecule has 1 aliphatic heterocycles. The quantitative estimate of drug-likeness (QED) is 0.371. The maximum absolute atomic E-state index is 13.6. The average molecular weight is 453 g/mol. The van der Waals surface area contributed by atoms with Gasteiger partial charge < -0.3 is 25.2 Å². The minimum Gasteiger partial charge on any atom is -0.491 e. The Hall–Kier alpha value is -2.88. The fraction of sp³-hybridized carbons (Fsp3) is 0.167. The van der Waals surface area contributed by atoms with E-state index in [4.69, 9.17) is 14.9 Å². The number of ether oxygens (including phenoxy) is 1. The van der Waals surface area contributed by atoms with E-state index in [0.29, 0.717) is 35.8 Å². The Balaban J connectivity index is 1.83. The minimum atomic E-state index is -4.62. The number of aromatic amines is 1. The van der Waals surface area contributed by atoms with Gasteiger partial charge in [0.2, 0.25) is 0 Å². The molecule has 0 amide bonds. The lowest BCUT2D eigenvalue weighted by molar-refractivity contribution is -0.136. The number of rotatable bonds is 1. The number of nitrogen functional groups attached to an aromatic ring is 1. The molecule has 0 radical (unpaired) electrons. The molecule has 4 N–H and O–H groups in total. The Morgan fingerprint density at radius 2 is 2.00 bits per heavy atom. The number of nitrogens with zero attached hydrogens (tertiary/aromatic N) is 1. The van der Waals surface area contributed by atoms with E-state index >= 15 is 0 Å². The highest BCUT2D eigenvalue weighted by Crippen LogP contribution is 2.45. The first-order chi connectivity index (χ1) is 13.3. The van der Waals surface area contributed by atoms with Gasteiger partial charge >= 0.3 is 6.18 Å². The van der Waals surface area contributed by atoms with Gasteiger partial charge in [-0.15, -0.1) is 0 Å². The van der Waals surface area contributed by atoms with Crippen LogP contribution < -0.4 is 15.8 Å². The van der Waals surface area contributed by atoms with Crippen LogP contribution in [0.15, 0.2) is 33.2 Å². The van der Waals surface area contributed by atoms with Crippen LogP contribution in [0.1, 0.15) is 5.56 Å². The average Bonchev–Trinajstić information content (AvgIpc) is 3.08. The molecule has 6 nitrogen and oxygen atoms in total. The first kappa shape index (κ1) is 17.2. The molecule has 3 heterocycles. The third kappa shape index (κ3) is 2.59. The van der Waals surface area contributed by atoms with E-state index in [0.717, 1.165) is 21.4 Å². The van der Waals surface area contributed by atoms with Crippen molar-refractivity contribution in [2.24, 2.45) is 0 Å². The van der Waals surface area contributed by atoms with Gasteiger partial charge in [-0.3, -0.25) is 0 Å². The van der Waals surface area contributed by atoms with Crippen molar-refractivity contribution >= 4 is 49.6 Å². The standard InChI is InChI=1S/C18H12BrF3N4O2/c19-8-5-10-13-12(6-8)27-2-1-24-15(13)14(25-10)7-3-9(18(20,21)22)16-11(4-7)26-17(23)28-16/h3-6,24-25H,1-2H2,(H2,23,26). The summed E-state index contributed by atoms with van der Waals surface area (Å²) in [4.78, 5) is 7.09. The maximum atomic E-state index is 13.6. The lowest BCUT2D eigenvalue weighted by Crippen LogP contribution is -2.09. The van der Waals surface area contributed by atoms with Crippen molar-refractivity contribution in [3.63, 3.8) is 0 Å². The molecule has 0 saturated heterocycles. The predicted molar refractivity (Wildman–Crippen MR) is 102 cm³/mol. The van der Waals surface area contributed by atoms with Crippen LogP contribution in [0.25, 0.3) is 33.3 Å². The van der Waals surface area contributed by atoms with Crippen LogP contribution in [-0.4, -0.2) is 23.1 Å². The van der Waals surface area contributed by atoms with Crippen LogP contribution in [-0.2, 0) is 6.18 Å². The number of benzene rings is 2. The molecule has 28 heavy (non-hydrogen) atoms. The number of alkyl halides is 3. The number of halogens is 4. The number of aromatic nitrogens is 2. The molecule has 10 heteroatoms.